The molecule has 3 N–H and O–H groups in total. The van der Waals surface area contributed by atoms with Crippen molar-refractivity contribution in [1.29, 1.82) is 0 Å². The monoisotopic (exact) mass is 290 g/mol. The van der Waals surface area contributed by atoms with Crippen molar-refractivity contribution in [2.24, 2.45) is 0 Å². The van der Waals surface area contributed by atoms with Gasteiger partial charge in [-0.3, -0.25) is 4.79 Å². The highest BCUT2D eigenvalue weighted by Gasteiger charge is 2.19. The quantitative estimate of drug-likeness (QED) is 0.672. The van der Waals surface area contributed by atoms with Crippen LogP contribution in [0.2, 0.25) is 0 Å². The van der Waals surface area contributed by atoms with Gasteiger partial charge >= 0.3 is 5.97 Å². The largest absolute Gasteiger partial charge is 0.465 e. The first-order valence-corrected chi connectivity index (χ1v) is 6.74. The summed E-state index contributed by atoms with van der Waals surface area (Å²) in [6, 6.07) is 6.76. The van der Waals surface area contributed by atoms with E-state index in [1.807, 2.05) is 6.92 Å². The summed E-state index contributed by atoms with van der Waals surface area (Å²) in [6.07, 6.45) is 0. The van der Waals surface area contributed by atoms with Crippen LogP contribution in [0.4, 0.5) is 11.4 Å². The number of nitrogen functional groups attached to an aromatic ring is 1. The molecule has 6 heteroatoms. The summed E-state index contributed by atoms with van der Waals surface area (Å²) in [7, 11) is 1.30. The van der Waals surface area contributed by atoms with E-state index < -0.39 is 5.97 Å². The molecule has 0 radical (unpaired) electrons. The highest BCUT2D eigenvalue weighted by molar-refractivity contribution is 7.12. The average Bonchev–Trinajstić information content (AvgIpc) is 2.80. The number of nitrogens with two attached hydrogens (primary N) is 1. The zero-order valence-corrected chi connectivity index (χ0v) is 11.9. The zero-order chi connectivity index (χ0) is 14.7. The van der Waals surface area contributed by atoms with Crippen LogP contribution in [0.25, 0.3) is 0 Å². The van der Waals surface area contributed by atoms with E-state index in [2.05, 4.69) is 5.32 Å². The lowest BCUT2D eigenvalue weighted by atomic mass is 10.1. The molecule has 5 nitrogen and oxygen atoms in total. The standard InChI is InChI=1S/C14H14N2O3S/c1-8-7-20-12(14(18)19-2)11(8)16-13(17)9-5-3-4-6-10(9)15/h3-7H,15H2,1-2H3,(H,16,17). The number of ether oxygens (including phenoxy) is 1. The van der Waals surface area contributed by atoms with Gasteiger partial charge in [0.15, 0.2) is 0 Å². The van der Waals surface area contributed by atoms with Crippen LogP contribution < -0.4 is 11.1 Å². The molecule has 0 atom stereocenters. The number of carbonyl (C=O) groups is 2. The molecule has 0 aliphatic carbocycles. The number of hydrogen-bond donors (Lipinski definition) is 2. The average molecular weight is 290 g/mol. The summed E-state index contributed by atoms with van der Waals surface area (Å²) in [6.45, 7) is 1.81. The zero-order valence-electron chi connectivity index (χ0n) is 11.1. The summed E-state index contributed by atoms with van der Waals surface area (Å²) in [5, 5.41) is 4.51. The number of hydrogen-bond acceptors (Lipinski definition) is 5. The molecular weight excluding hydrogens is 276 g/mol. The van der Waals surface area contributed by atoms with Gasteiger partial charge < -0.3 is 15.8 Å². The number of rotatable bonds is 3. The van der Waals surface area contributed by atoms with Crippen LogP contribution in [-0.4, -0.2) is 19.0 Å². The highest BCUT2D eigenvalue weighted by Crippen LogP contribution is 2.29. The molecule has 1 amide bonds. The normalized spacial score (nSPS) is 10.1. The van der Waals surface area contributed by atoms with E-state index in [-0.39, 0.29) is 5.91 Å². The maximum Gasteiger partial charge on any atom is 0.350 e. The third-order valence-corrected chi connectivity index (χ3v) is 3.87. The molecule has 0 spiro atoms. The molecule has 0 unspecified atom stereocenters. The van der Waals surface area contributed by atoms with Crippen molar-refractivity contribution in [2.75, 3.05) is 18.2 Å². The number of methoxy groups -OCH3 is 1. The van der Waals surface area contributed by atoms with Crippen molar-refractivity contribution in [3.8, 4) is 0 Å². The predicted octanol–water partition coefficient (Wildman–Crippen LogP) is 2.68. The lowest BCUT2D eigenvalue weighted by molar-refractivity contribution is 0.0607. The van der Waals surface area contributed by atoms with Gasteiger partial charge in [-0.1, -0.05) is 12.1 Å². The second kappa shape index (κ2) is 5.75. The van der Waals surface area contributed by atoms with Gasteiger partial charge in [-0.05, 0) is 30.0 Å². The van der Waals surface area contributed by atoms with E-state index in [0.717, 1.165) is 5.56 Å². The van der Waals surface area contributed by atoms with Crippen LogP contribution in [-0.2, 0) is 4.74 Å². The predicted molar refractivity (Wildman–Crippen MR) is 79.2 cm³/mol. The summed E-state index contributed by atoms with van der Waals surface area (Å²) >= 11 is 1.23. The second-order valence-corrected chi connectivity index (χ2v) is 5.04. The Kier molecular flexibility index (Phi) is 4.05. The molecule has 20 heavy (non-hydrogen) atoms. The molecule has 2 aromatic rings. The van der Waals surface area contributed by atoms with E-state index in [1.165, 1.54) is 18.4 Å². The second-order valence-electron chi connectivity index (χ2n) is 4.16. The molecule has 0 bridgehead atoms. The molecule has 1 aromatic carbocycles. The van der Waals surface area contributed by atoms with Crippen LogP contribution in [0.3, 0.4) is 0 Å². The molecular formula is C14H14N2O3S. The Morgan fingerprint density at radius 1 is 1.30 bits per heavy atom. The molecule has 0 saturated heterocycles. The first-order chi connectivity index (χ1) is 9.54. The topological polar surface area (TPSA) is 81.4 Å². The van der Waals surface area contributed by atoms with E-state index in [1.54, 1.807) is 29.6 Å². The van der Waals surface area contributed by atoms with Gasteiger partial charge in [0.2, 0.25) is 0 Å². The molecule has 0 fully saturated rings. The summed E-state index contributed by atoms with van der Waals surface area (Å²) in [5.74, 6) is -0.825. The Morgan fingerprint density at radius 2 is 2.00 bits per heavy atom. The molecule has 1 heterocycles. The maximum atomic E-state index is 12.2. The van der Waals surface area contributed by atoms with E-state index in [4.69, 9.17) is 10.5 Å². The Hall–Kier alpha value is -2.34. The van der Waals surface area contributed by atoms with Gasteiger partial charge in [0.05, 0.1) is 18.4 Å². The number of benzene rings is 1. The van der Waals surface area contributed by atoms with Gasteiger partial charge in [-0.2, -0.15) is 0 Å². The summed E-state index contributed by atoms with van der Waals surface area (Å²) in [5.41, 5.74) is 7.79. The van der Waals surface area contributed by atoms with Gasteiger partial charge in [0.25, 0.3) is 5.91 Å². The third-order valence-electron chi connectivity index (χ3n) is 2.79. The minimum Gasteiger partial charge on any atom is -0.465 e. The molecule has 0 aliphatic heterocycles. The van der Waals surface area contributed by atoms with Crippen LogP contribution in [0.1, 0.15) is 25.6 Å². The molecule has 0 saturated carbocycles. The van der Waals surface area contributed by atoms with Crippen LogP contribution >= 0.6 is 11.3 Å². The molecule has 0 aliphatic rings. The van der Waals surface area contributed by atoms with Crippen LogP contribution in [0.15, 0.2) is 29.6 Å². The number of para-hydroxylation sites is 1. The smallest absolute Gasteiger partial charge is 0.350 e. The SMILES string of the molecule is COC(=O)c1scc(C)c1NC(=O)c1ccccc1N. The lowest BCUT2D eigenvalue weighted by Gasteiger charge is -2.08. The fourth-order valence-corrected chi connectivity index (χ4v) is 2.65. The fourth-order valence-electron chi connectivity index (χ4n) is 1.73. The van der Waals surface area contributed by atoms with Crippen molar-refractivity contribution in [3.63, 3.8) is 0 Å². The van der Waals surface area contributed by atoms with Crippen molar-refractivity contribution in [3.05, 3.63) is 45.6 Å². The summed E-state index contributed by atoms with van der Waals surface area (Å²) in [4.78, 5) is 24.2. The first kappa shape index (κ1) is 14.1. The van der Waals surface area contributed by atoms with Crippen LogP contribution in [0.5, 0.6) is 0 Å². The maximum absolute atomic E-state index is 12.2. The minimum absolute atomic E-state index is 0.352. The van der Waals surface area contributed by atoms with Crippen LogP contribution in [0, 0.1) is 6.92 Å². The van der Waals surface area contributed by atoms with Crippen molar-refractivity contribution in [1.82, 2.24) is 0 Å². The molecule has 1 aromatic heterocycles. The molecule has 104 valence electrons. The number of thiophene rings is 1. The van der Waals surface area contributed by atoms with Gasteiger partial charge in [0.1, 0.15) is 4.88 Å². The first-order valence-electron chi connectivity index (χ1n) is 5.87. The Balaban J connectivity index is 2.31. The van der Waals surface area contributed by atoms with Gasteiger partial charge in [-0.25, -0.2) is 4.79 Å². The number of esters is 1. The Labute approximate surface area is 120 Å². The minimum atomic E-state index is -0.473. The third kappa shape index (κ3) is 2.65. The number of nitrogens with one attached hydrogen (secondary N) is 1. The highest BCUT2D eigenvalue weighted by atomic mass is 32.1. The Morgan fingerprint density at radius 3 is 2.65 bits per heavy atom. The summed E-state index contributed by atoms with van der Waals surface area (Å²) < 4.78 is 4.70. The fraction of sp³-hybridized carbons (Fsp3) is 0.143. The van der Waals surface area contributed by atoms with E-state index in [9.17, 15) is 9.59 Å². The van der Waals surface area contributed by atoms with Gasteiger partial charge in [-0.15, -0.1) is 11.3 Å². The number of amides is 1. The van der Waals surface area contributed by atoms with Gasteiger partial charge in [0, 0.05) is 5.69 Å². The van der Waals surface area contributed by atoms with E-state index >= 15 is 0 Å². The van der Waals surface area contributed by atoms with Crippen molar-refractivity contribution >= 4 is 34.6 Å². The van der Waals surface area contributed by atoms with Crippen molar-refractivity contribution < 1.29 is 14.3 Å². The number of aryl methyl sites for hydroxylation is 1. The molecule has 2 rings (SSSR count). The number of anilines is 2. The Bertz CT molecular complexity index is 664. The number of carbonyl (C=O) groups excluding carboxylic acids is 2. The van der Waals surface area contributed by atoms with Crippen molar-refractivity contribution in [2.45, 2.75) is 6.92 Å². The van der Waals surface area contributed by atoms with E-state index in [0.29, 0.717) is 21.8 Å². The lowest BCUT2D eigenvalue weighted by Crippen LogP contribution is -2.16.